The van der Waals surface area contributed by atoms with E-state index in [1.807, 2.05) is 6.07 Å². The number of aromatic nitrogens is 4. The lowest BCUT2D eigenvalue weighted by Crippen LogP contribution is -2.03. The van der Waals surface area contributed by atoms with Crippen molar-refractivity contribution in [2.75, 3.05) is 0 Å². The highest BCUT2D eigenvalue weighted by atomic mass is 32.1. The third-order valence-electron chi connectivity index (χ3n) is 3.63. The Hall–Kier alpha value is -2.60. The molecule has 0 aliphatic rings. The van der Waals surface area contributed by atoms with E-state index in [2.05, 4.69) is 37.0 Å². The minimum atomic E-state index is 0.251. The molecule has 4 rings (SSSR count). The molecule has 0 radical (unpaired) electrons. The van der Waals surface area contributed by atoms with Crippen molar-refractivity contribution in [1.82, 2.24) is 19.5 Å². The Morgan fingerprint density at radius 2 is 2.23 bits per heavy atom. The van der Waals surface area contributed by atoms with Crippen LogP contribution in [0.25, 0.3) is 22.6 Å². The van der Waals surface area contributed by atoms with E-state index >= 15 is 0 Å². The first-order valence-electron chi connectivity index (χ1n) is 7.01. The second-order valence-corrected chi connectivity index (χ2v) is 6.09. The average molecular weight is 310 g/mol. The first-order chi connectivity index (χ1) is 10.8. The zero-order chi connectivity index (χ0) is 14.9. The number of nitrogens with one attached hydrogen (secondary N) is 1. The second-order valence-electron chi connectivity index (χ2n) is 5.05. The van der Waals surface area contributed by atoms with E-state index < -0.39 is 0 Å². The number of H-pyrrole nitrogens is 1. The molecule has 0 aliphatic carbocycles. The van der Waals surface area contributed by atoms with E-state index in [0.717, 1.165) is 35.5 Å². The van der Waals surface area contributed by atoms with Crippen molar-refractivity contribution in [1.29, 1.82) is 0 Å². The number of fused-ring (bicyclic) bond motifs is 1. The molecule has 4 aromatic rings. The third-order valence-corrected chi connectivity index (χ3v) is 4.57. The number of phenols is 1. The van der Waals surface area contributed by atoms with Crippen molar-refractivity contribution < 1.29 is 5.11 Å². The van der Waals surface area contributed by atoms with Gasteiger partial charge >= 0.3 is 0 Å². The fraction of sp³-hybridized carbons (Fsp3) is 0.125. The largest absolute Gasteiger partial charge is 0.508 e. The van der Waals surface area contributed by atoms with Gasteiger partial charge in [-0.15, -0.1) is 11.3 Å². The maximum atomic E-state index is 9.79. The maximum Gasteiger partial charge on any atom is 0.159 e. The number of aromatic hydroxyl groups is 1. The Balaban J connectivity index is 1.81. The molecule has 0 saturated heterocycles. The molecule has 22 heavy (non-hydrogen) atoms. The van der Waals surface area contributed by atoms with E-state index in [9.17, 15) is 5.11 Å². The second kappa shape index (κ2) is 5.31. The van der Waals surface area contributed by atoms with Crippen LogP contribution in [0.1, 0.15) is 4.88 Å². The van der Waals surface area contributed by atoms with Gasteiger partial charge in [-0.3, -0.25) is 0 Å². The van der Waals surface area contributed by atoms with Crippen molar-refractivity contribution in [3.8, 4) is 17.3 Å². The number of hydrogen-bond donors (Lipinski definition) is 2. The van der Waals surface area contributed by atoms with Gasteiger partial charge in [-0.25, -0.2) is 9.97 Å². The highest BCUT2D eigenvalue weighted by Crippen LogP contribution is 2.26. The molecule has 0 saturated carbocycles. The Kier molecular flexibility index (Phi) is 3.16. The predicted octanol–water partition coefficient (Wildman–Crippen LogP) is 3.44. The van der Waals surface area contributed by atoms with Crippen LogP contribution in [0.3, 0.4) is 0 Å². The van der Waals surface area contributed by atoms with Gasteiger partial charge in [-0.1, -0.05) is 6.07 Å². The summed E-state index contributed by atoms with van der Waals surface area (Å²) in [7, 11) is 0. The lowest BCUT2D eigenvalue weighted by atomic mass is 10.3. The summed E-state index contributed by atoms with van der Waals surface area (Å²) in [6.07, 6.45) is 4.35. The predicted molar refractivity (Wildman–Crippen MR) is 87.0 cm³/mol. The molecule has 0 aliphatic heterocycles. The molecule has 0 unspecified atom stereocenters. The molecular formula is C16H14N4OS. The van der Waals surface area contributed by atoms with Gasteiger partial charge in [0, 0.05) is 17.5 Å². The smallest absolute Gasteiger partial charge is 0.159 e. The van der Waals surface area contributed by atoms with Gasteiger partial charge < -0.3 is 14.7 Å². The summed E-state index contributed by atoms with van der Waals surface area (Å²) in [4.78, 5) is 13.2. The van der Waals surface area contributed by atoms with Crippen molar-refractivity contribution in [2.45, 2.75) is 13.0 Å². The van der Waals surface area contributed by atoms with Crippen LogP contribution in [-0.2, 0) is 13.0 Å². The van der Waals surface area contributed by atoms with Crippen molar-refractivity contribution in [2.24, 2.45) is 0 Å². The number of benzene rings is 1. The number of aromatic amines is 1. The molecule has 0 atom stereocenters. The highest BCUT2D eigenvalue weighted by molar-refractivity contribution is 7.09. The zero-order valence-corrected chi connectivity index (χ0v) is 12.5. The molecule has 3 aromatic heterocycles. The molecule has 6 heteroatoms. The number of aryl methyl sites for hydroxylation is 2. The molecule has 1 aromatic carbocycles. The average Bonchev–Trinajstić information content (AvgIpc) is 3.25. The van der Waals surface area contributed by atoms with Gasteiger partial charge in [0.1, 0.15) is 11.4 Å². The van der Waals surface area contributed by atoms with Gasteiger partial charge in [0.25, 0.3) is 0 Å². The van der Waals surface area contributed by atoms with Crippen LogP contribution < -0.4 is 0 Å². The quantitative estimate of drug-likeness (QED) is 0.607. The van der Waals surface area contributed by atoms with Gasteiger partial charge in [0.05, 0.1) is 23.6 Å². The van der Waals surface area contributed by atoms with Crippen molar-refractivity contribution in [3.05, 3.63) is 53.1 Å². The van der Waals surface area contributed by atoms with Crippen LogP contribution in [0, 0.1) is 0 Å². The fourth-order valence-corrected chi connectivity index (χ4v) is 3.30. The zero-order valence-electron chi connectivity index (χ0n) is 11.7. The number of rotatable bonds is 4. The summed E-state index contributed by atoms with van der Waals surface area (Å²) in [5.74, 6) is 1.09. The molecule has 0 fully saturated rings. The van der Waals surface area contributed by atoms with E-state index in [4.69, 9.17) is 0 Å². The molecule has 0 spiro atoms. The fourth-order valence-electron chi connectivity index (χ4n) is 2.60. The lowest BCUT2D eigenvalue weighted by molar-refractivity contribution is 0.476. The molecule has 110 valence electrons. The Labute approximate surface area is 130 Å². The van der Waals surface area contributed by atoms with E-state index in [1.165, 1.54) is 4.88 Å². The van der Waals surface area contributed by atoms with Crippen LogP contribution in [0.15, 0.2) is 48.2 Å². The van der Waals surface area contributed by atoms with Gasteiger partial charge in [-0.2, -0.15) is 0 Å². The summed E-state index contributed by atoms with van der Waals surface area (Å²) in [6, 6.07) is 9.46. The minimum Gasteiger partial charge on any atom is -0.508 e. The SMILES string of the molecule is Oc1ccc2nc(-c3cnc[nH]3)n(CCc3cccs3)c2c1. The molecule has 3 heterocycles. The first kappa shape index (κ1) is 13.1. The molecule has 5 nitrogen and oxygen atoms in total. The number of nitrogens with zero attached hydrogens (tertiary/aromatic N) is 3. The monoisotopic (exact) mass is 310 g/mol. The molecule has 0 bridgehead atoms. The van der Waals surface area contributed by atoms with Crippen LogP contribution in [0.4, 0.5) is 0 Å². The summed E-state index contributed by atoms with van der Waals surface area (Å²) < 4.78 is 2.13. The number of imidazole rings is 2. The van der Waals surface area contributed by atoms with Crippen LogP contribution in [0.2, 0.25) is 0 Å². The topological polar surface area (TPSA) is 66.7 Å². The Morgan fingerprint density at radius 3 is 3.00 bits per heavy atom. The van der Waals surface area contributed by atoms with Gasteiger partial charge in [0.15, 0.2) is 5.82 Å². The van der Waals surface area contributed by atoms with Crippen molar-refractivity contribution in [3.63, 3.8) is 0 Å². The van der Waals surface area contributed by atoms with Crippen molar-refractivity contribution >= 4 is 22.4 Å². The third kappa shape index (κ3) is 2.27. The van der Waals surface area contributed by atoms with E-state index in [-0.39, 0.29) is 5.75 Å². The number of thiophene rings is 1. The molecular weight excluding hydrogens is 296 g/mol. The normalized spacial score (nSPS) is 11.3. The minimum absolute atomic E-state index is 0.251. The number of hydrogen-bond acceptors (Lipinski definition) is 4. The van der Waals surface area contributed by atoms with Crippen LogP contribution in [0.5, 0.6) is 5.75 Å². The Morgan fingerprint density at radius 1 is 1.27 bits per heavy atom. The highest BCUT2D eigenvalue weighted by Gasteiger charge is 2.14. The maximum absolute atomic E-state index is 9.79. The van der Waals surface area contributed by atoms with E-state index in [1.54, 1.807) is 36.0 Å². The van der Waals surface area contributed by atoms with Crippen LogP contribution in [-0.4, -0.2) is 24.6 Å². The van der Waals surface area contributed by atoms with Crippen LogP contribution >= 0.6 is 11.3 Å². The van der Waals surface area contributed by atoms with E-state index in [0.29, 0.717) is 0 Å². The van der Waals surface area contributed by atoms with Gasteiger partial charge in [-0.05, 0) is 30.0 Å². The van der Waals surface area contributed by atoms with Gasteiger partial charge in [0.2, 0.25) is 0 Å². The number of phenolic OH excluding ortho intramolecular Hbond substituents is 1. The standard InChI is InChI=1S/C16H14N4OS/c21-11-3-4-13-15(8-11)20(6-5-12-2-1-7-22-12)16(19-13)14-9-17-10-18-14/h1-4,7-10,21H,5-6H2,(H,17,18). The first-order valence-corrected chi connectivity index (χ1v) is 7.89. The Bertz CT molecular complexity index is 894. The molecule has 0 amide bonds. The lowest BCUT2D eigenvalue weighted by Gasteiger charge is -2.07. The molecule has 2 N–H and O–H groups in total. The summed E-state index contributed by atoms with van der Waals surface area (Å²) in [5, 5.41) is 11.9. The summed E-state index contributed by atoms with van der Waals surface area (Å²) in [5.41, 5.74) is 2.68. The summed E-state index contributed by atoms with van der Waals surface area (Å²) >= 11 is 1.75. The summed E-state index contributed by atoms with van der Waals surface area (Å²) in [6.45, 7) is 0.800.